The van der Waals surface area contributed by atoms with E-state index < -0.39 is 0 Å². The number of ketones is 1. The number of hydrogen-bond donors (Lipinski definition) is 0. The van der Waals surface area contributed by atoms with Crippen LogP contribution in [0, 0.1) is 5.39 Å². The van der Waals surface area contributed by atoms with Gasteiger partial charge in [0.25, 0.3) is 0 Å². The molecule has 0 amide bonds. The summed E-state index contributed by atoms with van der Waals surface area (Å²) in [5.74, 6) is 0.0387. The van der Waals surface area contributed by atoms with Crippen molar-refractivity contribution in [3.8, 4) is 0 Å². The molecule has 0 aliphatic rings. The Bertz CT molecular complexity index is 319. The highest BCUT2D eigenvalue weighted by molar-refractivity contribution is 5.95. The van der Waals surface area contributed by atoms with Crippen molar-refractivity contribution in [3.05, 3.63) is 35.1 Å². The van der Waals surface area contributed by atoms with E-state index in [0.29, 0.717) is 24.9 Å². The van der Waals surface area contributed by atoms with Gasteiger partial charge in [0, 0.05) is 30.8 Å². The molecule has 0 bridgehead atoms. The first-order valence-electron chi connectivity index (χ1n) is 4.08. The van der Waals surface area contributed by atoms with Gasteiger partial charge in [0.1, 0.15) is 4.98 Å². The molecule has 0 atom stereocenters. The monoisotopic (exact) mass is 193 g/mol. The Labute approximate surface area is 81.7 Å². The second-order valence-corrected chi connectivity index (χ2v) is 2.63. The van der Waals surface area contributed by atoms with Gasteiger partial charge in [-0.25, -0.2) is 0 Å². The van der Waals surface area contributed by atoms with E-state index in [1.807, 2.05) is 0 Å². The lowest BCUT2D eigenvalue weighted by molar-refractivity contribution is 0.0981. The molecule has 1 aromatic rings. The molecule has 1 aromatic heterocycles. The van der Waals surface area contributed by atoms with E-state index in [2.05, 4.69) is 9.96 Å². The summed E-state index contributed by atoms with van der Waals surface area (Å²) in [6, 6.07) is 3.45. The summed E-state index contributed by atoms with van der Waals surface area (Å²) in [6.07, 6.45) is 4.14. The normalized spacial score (nSPS) is 8.50. The molecular formula is C9H11N3O2. The third-order valence-electron chi connectivity index (χ3n) is 1.65. The summed E-state index contributed by atoms with van der Waals surface area (Å²) in [5.41, 5.74) is 0.612. The first kappa shape index (κ1) is 12.2. The Balaban J connectivity index is 0.00000169. The predicted molar refractivity (Wildman–Crippen MR) is 49.7 cm³/mol. The molecule has 1 N–H and O–H groups in total. The first-order valence-corrected chi connectivity index (χ1v) is 4.08. The van der Waals surface area contributed by atoms with Gasteiger partial charge >= 0.3 is 6.54 Å². The Hall–Kier alpha value is -1.80. The van der Waals surface area contributed by atoms with Crippen molar-refractivity contribution in [1.82, 2.24) is 4.98 Å². The van der Waals surface area contributed by atoms with Crippen molar-refractivity contribution in [2.45, 2.75) is 12.8 Å². The SMILES string of the molecule is N#[N+]CCCC(=O)c1cccnc1.[OH-]. The molecule has 14 heavy (non-hydrogen) atoms. The van der Waals surface area contributed by atoms with Gasteiger partial charge in [-0.15, -0.1) is 0 Å². The van der Waals surface area contributed by atoms with Crippen LogP contribution in [0.4, 0.5) is 0 Å². The zero-order valence-electron chi connectivity index (χ0n) is 7.63. The van der Waals surface area contributed by atoms with Crippen molar-refractivity contribution in [3.63, 3.8) is 0 Å². The lowest BCUT2D eigenvalue weighted by Gasteiger charge is -1.95. The first-order chi connectivity index (χ1) is 6.34. The van der Waals surface area contributed by atoms with Gasteiger partial charge in [0.2, 0.25) is 5.39 Å². The third kappa shape index (κ3) is 3.74. The molecule has 0 unspecified atom stereocenters. The van der Waals surface area contributed by atoms with Crippen LogP contribution >= 0.6 is 0 Å². The molecule has 1 rings (SSSR count). The van der Waals surface area contributed by atoms with Gasteiger partial charge in [0.15, 0.2) is 5.78 Å². The number of carbonyl (C=O) groups excluding carboxylic acids is 1. The summed E-state index contributed by atoms with van der Waals surface area (Å²) in [5, 5.41) is 8.15. The van der Waals surface area contributed by atoms with Gasteiger partial charge in [-0.05, 0) is 12.1 Å². The summed E-state index contributed by atoms with van der Waals surface area (Å²) in [4.78, 5) is 18.1. The minimum atomic E-state index is 0. The molecule has 0 aliphatic carbocycles. The van der Waals surface area contributed by atoms with Crippen molar-refractivity contribution >= 4 is 5.78 Å². The average molecular weight is 193 g/mol. The number of aromatic nitrogens is 1. The molecular weight excluding hydrogens is 182 g/mol. The smallest absolute Gasteiger partial charge is 0.306 e. The Kier molecular flexibility index (Phi) is 5.83. The average Bonchev–Trinajstić information content (AvgIpc) is 2.19. The highest BCUT2D eigenvalue weighted by Gasteiger charge is 2.06. The molecule has 0 aliphatic heterocycles. The number of hydrogen-bond acceptors (Lipinski definition) is 4. The highest BCUT2D eigenvalue weighted by Crippen LogP contribution is 2.03. The standard InChI is InChI=1S/C9H10N3O.H2O/c10-12-6-2-4-9(13)8-3-1-5-11-7-8;/h1,3,5,7H,2,4,6H2;1H2/q+1;/p-1. The lowest BCUT2D eigenvalue weighted by Crippen LogP contribution is -1.99. The number of Topliss-reactive ketones (excluding diaryl/α,β-unsaturated/α-hetero) is 1. The second-order valence-electron chi connectivity index (χ2n) is 2.63. The predicted octanol–water partition coefficient (Wildman–Crippen LogP) is 1.72. The molecule has 0 saturated carbocycles. The van der Waals surface area contributed by atoms with Crippen LogP contribution in [0.3, 0.4) is 0 Å². The molecule has 74 valence electrons. The molecule has 5 nitrogen and oxygen atoms in total. The Morgan fingerprint density at radius 1 is 1.57 bits per heavy atom. The van der Waals surface area contributed by atoms with Gasteiger partial charge in [-0.1, -0.05) is 0 Å². The van der Waals surface area contributed by atoms with Crippen LogP contribution in [-0.2, 0) is 0 Å². The van der Waals surface area contributed by atoms with Gasteiger partial charge in [-0.2, -0.15) is 0 Å². The second kappa shape index (κ2) is 6.69. The fraction of sp³-hybridized carbons (Fsp3) is 0.333. The molecule has 0 saturated heterocycles. The van der Waals surface area contributed by atoms with Gasteiger partial charge in [-0.3, -0.25) is 9.78 Å². The van der Waals surface area contributed by atoms with E-state index in [9.17, 15) is 4.79 Å². The maximum atomic E-state index is 11.4. The highest BCUT2D eigenvalue weighted by atomic mass is 16.1. The fourth-order valence-electron chi connectivity index (χ4n) is 0.982. The number of pyridine rings is 1. The Morgan fingerprint density at radius 2 is 2.36 bits per heavy atom. The maximum Gasteiger partial charge on any atom is 0.306 e. The van der Waals surface area contributed by atoms with Gasteiger partial charge in [0.05, 0.1) is 0 Å². The third-order valence-corrected chi connectivity index (χ3v) is 1.65. The summed E-state index contributed by atoms with van der Waals surface area (Å²) >= 11 is 0. The van der Waals surface area contributed by atoms with E-state index in [-0.39, 0.29) is 11.3 Å². The number of nitrogens with zero attached hydrogens (tertiary/aromatic N) is 3. The van der Waals surface area contributed by atoms with Crippen LogP contribution in [0.25, 0.3) is 4.98 Å². The zero-order chi connectivity index (χ0) is 9.52. The number of diazo groups is 1. The van der Waals surface area contributed by atoms with Crippen molar-refractivity contribution in [2.75, 3.05) is 6.54 Å². The van der Waals surface area contributed by atoms with E-state index in [1.54, 1.807) is 24.5 Å². The fourth-order valence-corrected chi connectivity index (χ4v) is 0.982. The van der Waals surface area contributed by atoms with Gasteiger partial charge < -0.3 is 5.48 Å². The zero-order valence-corrected chi connectivity index (χ0v) is 7.63. The van der Waals surface area contributed by atoms with Crippen molar-refractivity contribution in [2.24, 2.45) is 0 Å². The molecule has 0 radical (unpaired) electrons. The van der Waals surface area contributed by atoms with Crippen LogP contribution in [0.2, 0.25) is 0 Å². The largest absolute Gasteiger partial charge is 0.870 e. The quantitative estimate of drug-likeness (QED) is 0.413. The molecule has 0 fully saturated rings. The molecule has 5 heteroatoms. The number of carbonyl (C=O) groups is 1. The topological polar surface area (TPSA) is 88.1 Å². The lowest BCUT2D eigenvalue weighted by atomic mass is 10.1. The minimum Gasteiger partial charge on any atom is -0.870 e. The van der Waals surface area contributed by atoms with Crippen LogP contribution in [0.15, 0.2) is 24.5 Å². The minimum absolute atomic E-state index is 0. The summed E-state index contributed by atoms with van der Waals surface area (Å²) in [6.45, 7) is 0.312. The van der Waals surface area contributed by atoms with E-state index >= 15 is 0 Å². The van der Waals surface area contributed by atoms with Crippen LogP contribution in [0.1, 0.15) is 23.2 Å². The van der Waals surface area contributed by atoms with E-state index in [0.717, 1.165) is 0 Å². The van der Waals surface area contributed by atoms with Crippen molar-refractivity contribution < 1.29 is 10.3 Å². The molecule has 0 spiro atoms. The summed E-state index contributed by atoms with van der Waals surface area (Å²) < 4.78 is 0. The van der Waals surface area contributed by atoms with E-state index in [4.69, 9.17) is 5.39 Å². The molecule has 0 aromatic carbocycles. The van der Waals surface area contributed by atoms with Crippen LogP contribution < -0.4 is 0 Å². The van der Waals surface area contributed by atoms with Crippen LogP contribution in [-0.4, -0.2) is 22.8 Å². The number of rotatable bonds is 4. The summed E-state index contributed by atoms with van der Waals surface area (Å²) in [7, 11) is 0. The van der Waals surface area contributed by atoms with Crippen molar-refractivity contribution in [1.29, 1.82) is 5.39 Å². The maximum absolute atomic E-state index is 11.4. The Morgan fingerprint density at radius 3 is 2.93 bits per heavy atom. The van der Waals surface area contributed by atoms with Crippen LogP contribution in [0.5, 0.6) is 0 Å². The molecule has 1 heterocycles. The van der Waals surface area contributed by atoms with E-state index in [1.165, 1.54) is 0 Å².